The molecule has 0 radical (unpaired) electrons. The first-order valence-electron chi connectivity index (χ1n) is 4.83. The Morgan fingerprint density at radius 2 is 2.00 bits per heavy atom. The normalized spacial score (nSPS) is 34.5. The smallest absolute Gasteiger partial charge is 0.203 e. The second-order valence-corrected chi connectivity index (χ2v) is 3.91. The van der Waals surface area contributed by atoms with Crippen molar-refractivity contribution in [2.24, 2.45) is 11.8 Å². The van der Waals surface area contributed by atoms with Crippen LogP contribution >= 0.6 is 24.0 Å². The molecule has 3 saturated heterocycles. The van der Waals surface area contributed by atoms with Crippen molar-refractivity contribution in [2.45, 2.75) is 18.9 Å². The second-order valence-electron chi connectivity index (χ2n) is 3.91. The number of fused-ring (bicyclic) bond motifs is 3. The third kappa shape index (κ3) is 2.48. The number of rotatable bonds is 1. The first-order valence-corrected chi connectivity index (χ1v) is 4.83. The lowest BCUT2D eigenvalue weighted by Crippen LogP contribution is -2.59. The van der Waals surface area contributed by atoms with Gasteiger partial charge in [0.25, 0.3) is 0 Å². The molecule has 1 atom stereocenters. The monoisotopic (exact) mass is 311 g/mol. The molecular weight excluding hydrogens is 293 g/mol. The topological polar surface area (TPSA) is 77.2 Å². The highest BCUT2D eigenvalue weighted by Gasteiger charge is 2.34. The van der Waals surface area contributed by atoms with Crippen molar-refractivity contribution >= 4 is 29.9 Å². The molecule has 3 aliphatic heterocycles. The second kappa shape index (κ2) is 5.13. The number of nitrogens with two attached hydrogens (primary N) is 1. The van der Waals surface area contributed by atoms with E-state index in [1.54, 1.807) is 0 Å². The third-order valence-electron chi connectivity index (χ3n) is 3.13. The van der Waals surface area contributed by atoms with E-state index >= 15 is 0 Å². The van der Waals surface area contributed by atoms with Crippen molar-refractivity contribution in [3.05, 3.63) is 0 Å². The first-order chi connectivity index (χ1) is 6.29. The minimum Gasteiger partial charge on any atom is -0.351 e. The maximum atomic E-state index is 7.39. The fourth-order valence-corrected chi connectivity index (χ4v) is 2.36. The molecule has 0 aromatic rings. The Hall–Kier alpha value is -0.0800. The maximum absolute atomic E-state index is 7.39. The van der Waals surface area contributed by atoms with Gasteiger partial charge in [-0.3, -0.25) is 10.8 Å². The summed E-state index contributed by atoms with van der Waals surface area (Å²) in [7, 11) is 0. The summed E-state index contributed by atoms with van der Waals surface area (Å²) in [6.45, 7) is 3.52. The number of hydrazine groups is 1. The van der Waals surface area contributed by atoms with E-state index in [0.29, 0.717) is 6.04 Å². The highest BCUT2D eigenvalue weighted by molar-refractivity contribution is 14.0. The van der Waals surface area contributed by atoms with Crippen molar-refractivity contribution in [3.63, 3.8) is 0 Å². The molecule has 6 heteroatoms. The van der Waals surface area contributed by atoms with Crippen LogP contribution in [0, 0.1) is 11.3 Å². The average Bonchev–Trinajstić information content (AvgIpc) is 2.19. The van der Waals surface area contributed by atoms with Crippen LogP contribution in [0.1, 0.15) is 12.8 Å². The summed E-state index contributed by atoms with van der Waals surface area (Å²) in [4.78, 5) is 2.45. The molecule has 5 nitrogen and oxygen atoms in total. The Kier molecular flexibility index (Phi) is 4.39. The number of hydrogen-bond acceptors (Lipinski definition) is 3. The van der Waals surface area contributed by atoms with Crippen molar-refractivity contribution in [3.8, 4) is 0 Å². The van der Waals surface area contributed by atoms with Gasteiger partial charge in [-0.1, -0.05) is 0 Å². The molecule has 3 rings (SSSR count). The number of nitrogens with one attached hydrogen (secondary N) is 3. The van der Waals surface area contributed by atoms with Crippen molar-refractivity contribution in [1.82, 2.24) is 15.6 Å². The summed E-state index contributed by atoms with van der Waals surface area (Å²) < 4.78 is 0. The Morgan fingerprint density at radius 3 is 2.43 bits per heavy atom. The molecule has 0 saturated carbocycles. The lowest BCUT2D eigenvalue weighted by atomic mass is 9.84. The quantitative estimate of drug-likeness (QED) is 0.176. The van der Waals surface area contributed by atoms with Crippen LogP contribution in [-0.2, 0) is 0 Å². The molecular formula is C8H18IN5. The molecule has 5 N–H and O–H groups in total. The number of guanidine groups is 1. The fraction of sp³-hybridized carbons (Fsp3) is 0.875. The molecule has 3 fully saturated rings. The summed E-state index contributed by atoms with van der Waals surface area (Å²) in [5, 5.41) is 10.5. The zero-order valence-corrected chi connectivity index (χ0v) is 10.5. The summed E-state index contributed by atoms with van der Waals surface area (Å²) in [6.07, 6.45) is 2.52. The first kappa shape index (κ1) is 12.0. The van der Waals surface area contributed by atoms with Gasteiger partial charge in [0, 0.05) is 12.6 Å². The van der Waals surface area contributed by atoms with Crippen LogP contribution in [0.2, 0.25) is 0 Å². The molecule has 0 unspecified atom stereocenters. The molecule has 3 aliphatic rings. The SMILES string of the molecule is I.N=C(NN)N[C@@H]1CN2CCC1CC2. The maximum Gasteiger partial charge on any atom is 0.203 e. The Balaban J connectivity index is 0.000000980. The van der Waals surface area contributed by atoms with E-state index < -0.39 is 0 Å². The minimum absolute atomic E-state index is 0. The third-order valence-corrected chi connectivity index (χ3v) is 3.13. The van der Waals surface area contributed by atoms with Gasteiger partial charge in [-0.25, -0.2) is 5.84 Å². The van der Waals surface area contributed by atoms with Gasteiger partial charge < -0.3 is 10.2 Å². The molecule has 82 valence electrons. The van der Waals surface area contributed by atoms with E-state index in [1.807, 2.05) is 0 Å². The highest BCUT2D eigenvalue weighted by atomic mass is 127. The van der Waals surface area contributed by atoms with E-state index in [-0.39, 0.29) is 29.9 Å². The van der Waals surface area contributed by atoms with Gasteiger partial charge in [0.2, 0.25) is 5.96 Å². The van der Waals surface area contributed by atoms with Gasteiger partial charge in [-0.05, 0) is 31.8 Å². The van der Waals surface area contributed by atoms with Crippen molar-refractivity contribution in [1.29, 1.82) is 5.41 Å². The van der Waals surface area contributed by atoms with E-state index in [0.717, 1.165) is 12.5 Å². The Morgan fingerprint density at radius 1 is 1.36 bits per heavy atom. The zero-order valence-electron chi connectivity index (χ0n) is 8.12. The largest absolute Gasteiger partial charge is 0.351 e. The molecule has 0 aromatic heterocycles. The van der Waals surface area contributed by atoms with Gasteiger partial charge in [0.05, 0.1) is 0 Å². The van der Waals surface area contributed by atoms with Crippen LogP contribution in [0.4, 0.5) is 0 Å². The average molecular weight is 311 g/mol. The van der Waals surface area contributed by atoms with Gasteiger partial charge >= 0.3 is 0 Å². The summed E-state index contributed by atoms with van der Waals surface area (Å²) in [6, 6.07) is 0.422. The van der Waals surface area contributed by atoms with Crippen LogP contribution in [0.15, 0.2) is 0 Å². The summed E-state index contributed by atoms with van der Waals surface area (Å²) in [5.41, 5.74) is 2.33. The van der Waals surface area contributed by atoms with Crippen LogP contribution in [0.5, 0.6) is 0 Å². The van der Waals surface area contributed by atoms with Gasteiger partial charge in [0.15, 0.2) is 0 Å². The van der Waals surface area contributed by atoms with Crippen molar-refractivity contribution < 1.29 is 0 Å². The van der Waals surface area contributed by atoms with Crippen LogP contribution in [-0.4, -0.2) is 36.5 Å². The van der Waals surface area contributed by atoms with E-state index in [1.165, 1.54) is 25.9 Å². The van der Waals surface area contributed by atoms with Crippen LogP contribution < -0.4 is 16.6 Å². The van der Waals surface area contributed by atoms with Crippen LogP contribution in [0.3, 0.4) is 0 Å². The molecule has 14 heavy (non-hydrogen) atoms. The molecule has 2 bridgehead atoms. The molecule has 0 aliphatic carbocycles. The number of hydrogen-bond donors (Lipinski definition) is 4. The Bertz CT molecular complexity index is 202. The van der Waals surface area contributed by atoms with Gasteiger partial charge in [0.1, 0.15) is 0 Å². The van der Waals surface area contributed by atoms with Gasteiger partial charge in [-0.15, -0.1) is 24.0 Å². The molecule has 0 amide bonds. The van der Waals surface area contributed by atoms with Gasteiger partial charge in [-0.2, -0.15) is 0 Å². The predicted octanol–water partition coefficient (Wildman–Crippen LogP) is -0.314. The molecule has 3 heterocycles. The predicted molar refractivity (Wildman–Crippen MR) is 66.6 cm³/mol. The zero-order chi connectivity index (χ0) is 9.26. The Labute approximate surface area is 101 Å². The van der Waals surface area contributed by atoms with E-state index in [9.17, 15) is 0 Å². The van der Waals surface area contributed by atoms with E-state index in [4.69, 9.17) is 11.3 Å². The molecule has 0 spiro atoms. The van der Waals surface area contributed by atoms with E-state index in [2.05, 4.69) is 15.6 Å². The number of nitrogens with zero attached hydrogens (tertiary/aromatic N) is 1. The summed E-state index contributed by atoms with van der Waals surface area (Å²) in [5.74, 6) is 6.11. The number of halogens is 1. The van der Waals surface area contributed by atoms with Crippen LogP contribution in [0.25, 0.3) is 0 Å². The minimum atomic E-state index is 0. The highest BCUT2D eigenvalue weighted by Crippen LogP contribution is 2.27. The molecule has 0 aromatic carbocycles. The fourth-order valence-electron chi connectivity index (χ4n) is 2.36. The standard InChI is InChI=1S/C8H17N5.HI/c9-8(12-10)11-7-5-13-3-1-6(7)2-4-13;/h6-7H,1-5,10H2,(H3,9,11,12);1H/t7-;/m1./s1. The summed E-state index contributed by atoms with van der Waals surface area (Å²) >= 11 is 0. The lowest BCUT2D eigenvalue weighted by molar-refractivity contribution is 0.0807. The lowest BCUT2D eigenvalue weighted by Gasteiger charge is -2.45. The van der Waals surface area contributed by atoms with Crippen molar-refractivity contribution in [2.75, 3.05) is 19.6 Å². The number of piperidine rings is 3.